The van der Waals surface area contributed by atoms with Gasteiger partial charge in [0.25, 0.3) is 0 Å². The van der Waals surface area contributed by atoms with Gasteiger partial charge >= 0.3 is 0 Å². The number of carbonyl (C=O) groups is 1. The quantitative estimate of drug-likeness (QED) is 0.805. The van der Waals surface area contributed by atoms with Crippen LogP contribution in [0.5, 0.6) is 0 Å². The van der Waals surface area contributed by atoms with E-state index < -0.39 is 0 Å². The smallest absolute Gasteiger partial charge is 0.224 e. The largest absolute Gasteiger partial charge is 0.352 e. The Kier molecular flexibility index (Phi) is 5.78. The van der Waals surface area contributed by atoms with Gasteiger partial charge in [-0.1, -0.05) is 13.8 Å². The molecule has 1 aromatic rings. The lowest BCUT2D eigenvalue weighted by atomic mass is 9.96. The fraction of sp³-hybridized carbons (Fsp3) is 0.571. The second-order valence-electron chi connectivity index (χ2n) is 5.08. The van der Waals surface area contributed by atoms with Crippen LogP contribution >= 0.6 is 0 Å². The van der Waals surface area contributed by atoms with Crippen molar-refractivity contribution in [3.63, 3.8) is 0 Å². The second kappa shape index (κ2) is 7.11. The number of aryl methyl sites for hydroxylation is 1. The van der Waals surface area contributed by atoms with Crippen molar-refractivity contribution in [2.45, 2.75) is 33.7 Å². The van der Waals surface area contributed by atoms with Gasteiger partial charge in [0.05, 0.1) is 5.92 Å². The van der Waals surface area contributed by atoms with Crippen molar-refractivity contribution in [1.29, 1.82) is 0 Å². The predicted molar refractivity (Wildman–Crippen MR) is 72.8 cm³/mol. The highest BCUT2D eigenvalue weighted by Crippen LogP contribution is 2.11. The average molecular weight is 249 g/mol. The zero-order valence-electron chi connectivity index (χ0n) is 11.4. The van der Waals surface area contributed by atoms with Crippen LogP contribution in [-0.2, 0) is 11.3 Å². The Morgan fingerprint density at radius 2 is 2.22 bits per heavy atom. The molecule has 1 heterocycles. The molecule has 0 aliphatic carbocycles. The van der Waals surface area contributed by atoms with Crippen LogP contribution in [0.25, 0.3) is 0 Å². The van der Waals surface area contributed by atoms with Crippen molar-refractivity contribution in [1.82, 2.24) is 10.3 Å². The summed E-state index contributed by atoms with van der Waals surface area (Å²) in [6, 6.07) is 1.93. The van der Waals surface area contributed by atoms with Gasteiger partial charge in [0.1, 0.15) is 0 Å². The monoisotopic (exact) mass is 249 g/mol. The van der Waals surface area contributed by atoms with Crippen molar-refractivity contribution in [3.05, 3.63) is 29.6 Å². The average Bonchev–Trinajstić information content (AvgIpc) is 2.34. The van der Waals surface area contributed by atoms with E-state index in [1.54, 1.807) is 12.4 Å². The van der Waals surface area contributed by atoms with Crippen molar-refractivity contribution >= 4 is 5.91 Å². The number of hydrogen-bond donors (Lipinski definition) is 2. The van der Waals surface area contributed by atoms with Gasteiger partial charge in [-0.25, -0.2) is 0 Å². The number of nitrogens with zero attached hydrogens (tertiary/aromatic N) is 1. The molecule has 0 saturated heterocycles. The molecule has 1 atom stereocenters. The van der Waals surface area contributed by atoms with Gasteiger partial charge < -0.3 is 11.1 Å². The highest BCUT2D eigenvalue weighted by Gasteiger charge is 2.17. The third-order valence-electron chi connectivity index (χ3n) is 3.00. The van der Waals surface area contributed by atoms with Crippen LogP contribution in [0.4, 0.5) is 0 Å². The molecule has 0 aliphatic heterocycles. The van der Waals surface area contributed by atoms with E-state index in [4.69, 9.17) is 5.73 Å². The van der Waals surface area contributed by atoms with Crippen LogP contribution in [0.15, 0.2) is 18.5 Å². The molecular formula is C14H23N3O. The van der Waals surface area contributed by atoms with E-state index in [1.807, 2.05) is 13.0 Å². The molecule has 4 nitrogen and oxygen atoms in total. The summed E-state index contributed by atoms with van der Waals surface area (Å²) in [4.78, 5) is 16.0. The number of nitrogens with two attached hydrogens (primary N) is 1. The van der Waals surface area contributed by atoms with E-state index >= 15 is 0 Å². The molecular weight excluding hydrogens is 226 g/mol. The van der Waals surface area contributed by atoms with Gasteiger partial charge in [0.15, 0.2) is 0 Å². The number of amides is 1. The summed E-state index contributed by atoms with van der Waals surface area (Å²) >= 11 is 0. The summed E-state index contributed by atoms with van der Waals surface area (Å²) < 4.78 is 0. The number of pyridine rings is 1. The van der Waals surface area contributed by atoms with Crippen LogP contribution < -0.4 is 11.1 Å². The molecule has 0 aliphatic rings. The molecule has 3 N–H and O–H groups in total. The topological polar surface area (TPSA) is 68.0 Å². The maximum Gasteiger partial charge on any atom is 0.224 e. The molecule has 0 fully saturated rings. The summed E-state index contributed by atoms with van der Waals surface area (Å²) in [5.74, 6) is 0.432. The van der Waals surface area contributed by atoms with E-state index in [9.17, 15) is 4.79 Å². The number of nitrogens with one attached hydrogen (secondary N) is 1. The number of aromatic nitrogens is 1. The Morgan fingerprint density at radius 1 is 1.50 bits per heavy atom. The van der Waals surface area contributed by atoms with Gasteiger partial charge in [-0.15, -0.1) is 0 Å². The number of carbonyl (C=O) groups excluding carboxylic acids is 1. The molecule has 0 spiro atoms. The van der Waals surface area contributed by atoms with E-state index in [2.05, 4.69) is 24.1 Å². The maximum absolute atomic E-state index is 12.0. The molecule has 0 saturated carbocycles. The summed E-state index contributed by atoms with van der Waals surface area (Å²) in [5.41, 5.74) is 7.83. The molecule has 1 rings (SSSR count). The van der Waals surface area contributed by atoms with Crippen molar-refractivity contribution in [3.8, 4) is 0 Å². The van der Waals surface area contributed by atoms with Crippen molar-refractivity contribution in [2.75, 3.05) is 6.54 Å². The maximum atomic E-state index is 12.0. The Balaban J connectivity index is 2.52. The zero-order chi connectivity index (χ0) is 13.5. The molecule has 4 heteroatoms. The first-order chi connectivity index (χ1) is 8.54. The molecule has 1 unspecified atom stereocenters. The Morgan fingerprint density at radius 3 is 2.78 bits per heavy atom. The second-order valence-corrected chi connectivity index (χ2v) is 5.08. The first-order valence-corrected chi connectivity index (χ1v) is 6.41. The van der Waals surface area contributed by atoms with Gasteiger partial charge in [0, 0.05) is 25.5 Å². The summed E-state index contributed by atoms with van der Waals surface area (Å²) in [5, 5.41) is 2.95. The van der Waals surface area contributed by atoms with Crippen molar-refractivity contribution < 1.29 is 4.79 Å². The van der Waals surface area contributed by atoms with Gasteiger partial charge in [-0.05, 0) is 36.5 Å². The zero-order valence-corrected chi connectivity index (χ0v) is 11.4. The third kappa shape index (κ3) is 4.45. The first kappa shape index (κ1) is 14.6. The SMILES string of the molecule is Cc1cnccc1CNC(=O)C(CN)CC(C)C. The minimum absolute atomic E-state index is 0.0439. The van der Waals surface area contributed by atoms with Crippen molar-refractivity contribution in [2.24, 2.45) is 17.6 Å². The standard InChI is InChI=1S/C14H23N3O/c1-10(2)6-13(7-15)14(18)17-9-12-4-5-16-8-11(12)3/h4-5,8,10,13H,6-7,9,15H2,1-3H3,(H,17,18). The van der Waals surface area contributed by atoms with Gasteiger partial charge in [-0.3, -0.25) is 9.78 Å². The Hall–Kier alpha value is -1.42. The molecule has 1 amide bonds. The molecule has 0 bridgehead atoms. The predicted octanol–water partition coefficient (Wildman–Crippen LogP) is 1.63. The van der Waals surface area contributed by atoms with Crippen LogP contribution in [0, 0.1) is 18.8 Å². The lowest BCUT2D eigenvalue weighted by molar-refractivity contribution is -0.125. The Bertz CT molecular complexity index is 390. The number of hydrogen-bond acceptors (Lipinski definition) is 3. The lowest BCUT2D eigenvalue weighted by Crippen LogP contribution is -2.35. The van der Waals surface area contributed by atoms with E-state index in [1.165, 1.54) is 0 Å². The summed E-state index contributed by atoms with van der Waals surface area (Å²) in [6.07, 6.45) is 4.37. The minimum atomic E-state index is -0.0906. The minimum Gasteiger partial charge on any atom is -0.352 e. The fourth-order valence-corrected chi connectivity index (χ4v) is 1.91. The van der Waals surface area contributed by atoms with E-state index in [-0.39, 0.29) is 11.8 Å². The summed E-state index contributed by atoms with van der Waals surface area (Å²) in [7, 11) is 0. The highest BCUT2D eigenvalue weighted by molar-refractivity contribution is 5.78. The molecule has 100 valence electrons. The van der Waals surface area contributed by atoms with Crippen LogP contribution in [0.3, 0.4) is 0 Å². The van der Waals surface area contributed by atoms with Crippen LogP contribution in [-0.4, -0.2) is 17.4 Å². The Labute approximate surface area is 109 Å². The molecule has 0 radical (unpaired) electrons. The van der Waals surface area contributed by atoms with E-state index in [0.717, 1.165) is 17.5 Å². The number of rotatable bonds is 6. The molecule has 0 aromatic carbocycles. The highest BCUT2D eigenvalue weighted by atomic mass is 16.1. The van der Waals surface area contributed by atoms with Crippen LogP contribution in [0.1, 0.15) is 31.4 Å². The molecule has 18 heavy (non-hydrogen) atoms. The first-order valence-electron chi connectivity index (χ1n) is 6.41. The lowest BCUT2D eigenvalue weighted by Gasteiger charge is -2.17. The van der Waals surface area contributed by atoms with Gasteiger partial charge in [-0.2, -0.15) is 0 Å². The third-order valence-corrected chi connectivity index (χ3v) is 3.00. The summed E-state index contributed by atoms with van der Waals surface area (Å²) in [6.45, 7) is 7.13. The normalized spacial score (nSPS) is 12.5. The molecule has 1 aromatic heterocycles. The van der Waals surface area contributed by atoms with E-state index in [0.29, 0.717) is 19.0 Å². The van der Waals surface area contributed by atoms with Gasteiger partial charge in [0.2, 0.25) is 5.91 Å². The fourth-order valence-electron chi connectivity index (χ4n) is 1.91. The van der Waals surface area contributed by atoms with Crippen LogP contribution in [0.2, 0.25) is 0 Å².